The first-order valence-electron chi connectivity index (χ1n) is 17.3. The molecule has 2 aromatic heterocycles. The summed E-state index contributed by atoms with van der Waals surface area (Å²) in [6.45, 7) is 0. The second-order valence-corrected chi connectivity index (χ2v) is 14.1. The number of nitrogens with one attached hydrogen (secondary N) is 1. The van der Waals surface area contributed by atoms with Gasteiger partial charge in [-0.2, -0.15) is 0 Å². The van der Waals surface area contributed by atoms with Gasteiger partial charge in [-0.05, 0) is 88.5 Å². The van der Waals surface area contributed by atoms with Gasteiger partial charge >= 0.3 is 0 Å². The molecule has 0 amide bonds. The van der Waals surface area contributed by atoms with Crippen molar-refractivity contribution in [1.29, 1.82) is 0 Å². The van der Waals surface area contributed by atoms with Crippen LogP contribution in [0.4, 0.5) is 11.4 Å². The minimum atomic E-state index is 1.06. The van der Waals surface area contributed by atoms with E-state index >= 15 is 0 Å². The molecule has 10 rings (SSSR count). The molecule has 0 aliphatic carbocycles. The molecule has 0 atom stereocenters. The van der Waals surface area contributed by atoms with E-state index in [1.807, 2.05) is 11.3 Å². The third-order valence-electron chi connectivity index (χ3n) is 9.98. The average Bonchev–Trinajstić information content (AvgIpc) is 3.74. The molecule has 0 unspecified atom stereocenters. The molecular formula is C48H32N2S. The maximum absolute atomic E-state index is 3.78. The van der Waals surface area contributed by atoms with E-state index in [2.05, 4.69) is 198 Å². The number of para-hydroxylation sites is 3. The topological polar surface area (TPSA) is 17.0 Å². The molecule has 8 aromatic carbocycles. The van der Waals surface area contributed by atoms with E-state index in [-0.39, 0.29) is 0 Å². The van der Waals surface area contributed by atoms with Gasteiger partial charge in [0.1, 0.15) is 0 Å². The van der Waals surface area contributed by atoms with E-state index in [4.69, 9.17) is 0 Å². The van der Waals surface area contributed by atoms with Gasteiger partial charge in [0.2, 0.25) is 0 Å². The van der Waals surface area contributed by atoms with Crippen LogP contribution in [-0.2, 0) is 0 Å². The van der Waals surface area contributed by atoms with Gasteiger partial charge in [0.05, 0.1) is 11.0 Å². The Bertz CT molecular complexity index is 2900. The molecule has 0 saturated carbocycles. The second-order valence-electron chi connectivity index (χ2n) is 13.0. The molecule has 0 bridgehead atoms. The molecule has 10 aromatic rings. The molecular weight excluding hydrogens is 637 g/mol. The standard InChI is InChI=1S/C48H32N2S/c1-2-17-37(18-3-1)50-44-24-8-5-20-40(44)41-28-27-33(31-45(41)50)32-13-10-14-34(29-32)38-19-4-7-23-43(38)49-36-16-11-15-35(30-36)39-22-12-26-47-48(39)42-21-6-9-25-46(42)51-47/h1-31,49H. The number of thiophene rings is 1. The van der Waals surface area contributed by atoms with Gasteiger partial charge in [-0.3, -0.25) is 0 Å². The molecule has 3 heteroatoms. The monoisotopic (exact) mass is 668 g/mol. The predicted molar refractivity (Wildman–Crippen MR) is 220 cm³/mol. The van der Waals surface area contributed by atoms with Gasteiger partial charge in [-0.25, -0.2) is 0 Å². The van der Waals surface area contributed by atoms with E-state index < -0.39 is 0 Å². The lowest BCUT2D eigenvalue weighted by Gasteiger charge is -2.15. The Morgan fingerprint density at radius 1 is 0.392 bits per heavy atom. The van der Waals surface area contributed by atoms with Crippen molar-refractivity contribution in [3.63, 3.8) is 0 Å². The molecule has 0 aliphatic rings. The molecule has 2 heterocycles. The van der Waals surface area contributed by atoms with E-state index in [1.165, 1.54) is 75.5 Å². The number of fused-ring (bicyclic) bond motifs is 6. The Labute approximate surface area is 300 Å². The Hall–Kier alpha value is -6.42. The number of hydrogen-bond acceptors (Lipinski definition) is 2. The Morgan fingerprint density at radius 2 is 1.04 bits per heavy atom. The minimum absolute atomic E-state index is 1.06. The molecule has 0 fully saturated rings. The highest BCUT2D eigenvalue weighted by molar-refractivity contribution is 7.25. The summed E-state index contributed by atoms with van der Waals surface area (Å²) >= 11 is 1.86. The number of rotatable bonds is 6. The Kier molecular flexibility index (Phi) is 7.04. The first-order chi connectivity index (χ1) is 25.3. The van der Waals surface area contributed by atoms with E-state index in [0.29, 0.717) is 0 Å². The largest absolute Gasteiger partial charge is 0.355 e. The van der Waals surface area contributed by atoms with Crippen molar-refractivity contribution < 1.29 is 0 Å². The van der Waals surface area contributed by atoms with E-state index in [1.54, 1.807) is 0 Å². The van der Waals surface area contributed by atoms with Crippen molar-refractivity contribution in [2.45, 2.75) is 0 Å². The van der Waals surface area contributed by atoms with Gasteiger partial charge in [0, 0.05) is 53.6 Å². The fourth-order valence-electron chi connectivity index (χ4n) is 7.65. The summed E-state index contributed by atoms with van der Waals surface area (Å²) in [5.41, 5.74) is 12.9. The summed E-state index contributed by atoms with van der Waals surface area (Å²) in [4.78, 5) is 0. The summed E-state index contributed by atoms with van der Waals surface area (Å²) in [7, 11) is 0. The number of hydrogen-bond donors (Lipinski definition) is 1. The molecule has 0 spiro atoms. The van der Waals surface area contributed by atoms with Crippen molar-refractivity contribution in [3.05, 3.63) is 188 Å². The quantitative estimate of drug-likeness (QED) is 0.187. The molecule has 0 radical (unpaired) electrons. The lowest BCUT2D eigenvalue weighted by molar-refractivity contribution is 1.18. The van der Waals surface area contributed by atoms with Crippen molar-refractivity contribution in [3.8, 4) is 39.1 Å². The summed E-state index contributed by atoms with van der Waals surface area (Å²) in [6, 6.07) is 67.9. The van der Waals surface area contributed by atoms with Crippen molar-refractivity contribution >= 4 is 64.7 Å². The molecule has 0 saturated heterocycles. The van der Waals surface area contributed by atoms with Crippen molar-refractivity contribution in [2.75, 3.05) is 5.32 Å². The number of aromatic nitrogens is 1. The van der Waals surface area contributed by atoms with E-state index in [0.717, 1.165) is 16.9 Å². The van der Waals surface area contributed by atoms with Crippen molar-refractivity contribution in [1.82, 2.24) is 4.57 Å². The third kappa shape index (κ3) is 5.10. The van der Waals surface area contributed by atoms with Crippen molar-refractivity contribution in [2.24, 2.45) is 0 Å². The lowest BCUT2D eigenvalue weighted by atomic mass is 9.97. The smallest absolute Gasteiger partial charge is 0.0547 e. The van der Waals surface area contributed by atoms with Crippen LogP contribution in [0, 0.1) is 0 Å². The zero-order chi connectivity index (χ0) is 33.7. The zero-order valence-electron chi connectivity index (χ0n) is 27.8. The van der Waals surface area contributed by atoms with Gasteiger partial charge in [-0.15, -0.1) is 11.3 Å². The van der Waals surface area contributed by atoms with Gasteiger partial charge in [0.25, 0.3) is 0 Å². The first-order valence-corrected chi connectivity index (χ1v) is 18.2. The normalized spacial score (nSPS) is 11.5. The van der Waals surface area contributed by atoms with Crippen LogP contribution in [0.5, 0.6) is 0 Å². The van der Waals surface area contributed by atoms with Gasteiger partial charge in [0.15, 0.2) is 0 Å². The summed E-state index contributed by atoms with van der Waals surface area (Å²) < 4.78 is 5.02. The fourth-order valence-corrected chi connectivity index (χ4v) is 8.78. The van der Waals surface area contributed by atoms with Crippen LogP contribution in [0.25, 0.3) is 81.0 Å². The van der Waals surface area contributed by atoms with Gasteiger partial charge < -0.3 is 9.88 Å². The maximum atomic E-state index is 3.78. The molecule has 1 N–H and O–H groups in total. The van der Waals surface area contributed by atoms with Crippen LogP contribution in [0.15, 0.2) is 188 Å². The molecule has 51 heavy (non-hydrogen) atoms. The third-order valence-corrected chi connectivity index (χ3v) is 11.1. The molecule has 240 valence electrons. The summed E-state index contributed by atoms with van der Waals surface area (Å²) in [6.07, 6.45) is 0. The summed E-state index contributed by atoms with van der Waals surface area (Å²) in [5, 5.41) is 8.95. The predicted octanol–water partition coefficient (Wildman–Crippen LogP) is 13.9. The lowest BCUT2D eigenvalue weighted by Crippen LogP contribution is -1.94. The maximum Gasteiger partial charge on any atom is 0.0547 e. The van der Waals surface area contributed by atoms with Crippen LogP contribution in [-0.4, -0.2) is 4.57 Å². The minimum Gasteiger partial charge on any atom is -0.355 e. The average molecular weight is 669 g/mol. The van der Waals surface area contributed by atoms with Gasteiger partial charge in [-0.1, -0.05) is 127 Å². The molecule has 0 aliphatic heterocycles. The van der Waals surface area contributed by atoms with E-state index in [9.17, 15) is 0 Å². The zero-order valence-corrected chi connectivity index (χ0v) is 28.6. The number of anilines is 2. The summed E-state index contributed by atoms with van der Waals surface area (Å²) in [5.74, 6) is 0. The van der Waals surface area contributed by atoms with Crippen LogP contribution >= 0.6 is 11.3 Å². The highest BCUT2D eigenvalue weighted by Crippen LogP contribution is 2.41. The van der Waals surface area contributed by atoms with Crippen LogP contribution in [0.1, 0.15) is 0 Å². The Morgan fingerprint density at radius 3 is 1.96 bits per heavy atom. The number of nitrogens with zero attached hydrogens (tertiary/aromatic N) is 1. The molecule has 2 nitrogen and oxygen atoms in total. The first kappa shape index (κ1) is 29.5. The fraction of sp³-hybridized carbons (Fsp3) is 0. The van der Waals surface area contributed by atoms with Crippen LogP contribution < -0.4 is 5.32 Å². The highest BCUT2D eigenvalue weighted by Gasteiger charge is 2.15. The van der Waals surface area contributed by atoms with Crippen LogP contribution in [0.2, 0.25) is 0 Å². The highest BCUT2D eigenvalue weighted by atomic mass is 32.1. The Balaban J connectivity index is 1.02. The number of benzene rings is 8. The second kappa shape index (κ2) is 12.2. The van der Waals surface area contributed by atoms with Crippen LogP contribution in [0.3, 0.4) is 0 Å². The SMILES string of the molecule is c1ccc(-n2c3ccccc3c3ccc(-c4cccc(-c5ccccc5Nc5cccc(-c6cccc7sc8ccccc8c67)c5)c4)cc32)cc1.